The number of aliphatic hydroxyl groups excluding tert-OH is 1. The van der Waals surface area contributed by atoms with Crippen molar-refractivity contribution in [2.75, 3.05) is 13.6 Å². The van der Waals surface area contributed by atoms with Crippen molar-refractivity contribution in [2.45, 2.75) is 25.5 Å². The van der Waals surface area contributed by atoms with E-state index < -0.39 is 5.97 Å². The Morgan fingerprint density at radius 1 is 1.45 bits per heavy atom. The van der Waals surface area contributed by atoms with Gasteiger partial charge < -0.3 is 24.8 Å². The molecule has 0 bridgehead atoms. The van der Waals surface area contributed by atoms with Crippen molar-refractivity contribution in [2.24, 2.45) is 5.92 Å². The minimum Gasteiger partial charge on any atom is -0.475 e. The predicted octanol–water partition coefficient (Wildman–Crippen LogP) is 0.890. The first-order valence-corrected chi connectivity index (χ1v) is 6.44. The van der Waals surface area contributed by atoms with Gasteiger partial charge in [-0.25, -0.2) is 9.59 Å². The maximum atomic E-state index is 11.8. The van der Waals surface area contributed by atoms with Gasteiger partial charge >= 0.3 is 12.0 Å². The van der Waals surface area contributed by atoms with Crippen LogP contribution in [-0.2, 0) is 6.54 Å². The molecule has 1 aliphatic rings. The molecular weight excluding hydrogens is 264 g/mol. The van der Waals surface area contributed by atoms with E-state index in [9.17, 15) is 14.7 Å². The smallest absolute Gasteiger partial charge is 0.371 e. The molecule has 0 atom stereocenters. The normalized spacial score (nSPS) is 21.1. The molecule has 0 unspecified atom stereocenters. The lowest BCUT2D eigenvalue weighted by Crippen LogP contribution is -2.43. The maximum absolute atomic E-state index is 11.8. The molecule has 7 heteroatoms. The van der Waals surface area contributed by atoms with Gasteiger partial charge in [-0.3, -0.25) is 0 Å². The van der Waals surface area contributed by atoms with Crippen molar-refractivity contribution < 1.29 is 24.2 Å². The van der Waals surface area contributed by atoms with E-state index in [1.165, 1.54) is 12.1 Å². The zero-order chi connectivity index (χ0) is 14.7. The van der Waals surface area contributed by atoms with Gasteiger partial charge in [0.25, 0.3) is 0 Å². The van der Waals surface area contributed by atoms with Crippen molar-refractivity contribution in [3.05, 3.63) is 23.7 Å². The van der Waals surface area contributed by atoms with E-state index in [1.807, 2.05) is 0 Å². The first-order valence-electron chi connectivity index (χ1n) is 6.44. The molecule has 0 saturated heterocycles. The number of aromatic carboxylic acids is 1. The summed E-state index contributed by atoms with van der Waals surface area (Å²) < 4.78 is 5.04. The van der Waals surface area contributed by atoms with Crippen LogP contribution >= 0.6 is 0 Å². The Morgan fingerprint density at radius 3 is 2.70 bits per heavy atom. The van der Waals surface area contributed by atoms with Crippen molar-refractivity contribution in [3.8, 4) is 0 Å². The van der Waals surface area contributed by atoms with E-state index in [-0.39, 0.29) is 24.4 Å². The summed E-state index contributed by atoms with van der Waals surface area (Å²) in [6.07, 6.45) is 1.24. The van der Waals surface area contributed by atoms with Gasteiger partial charge in [-0.05, 0) is 30.9 Å². The summed E-state index contributed by atoms with van der Waals surface area (Å²) in [5.74, 6) is -0.541. The van der Waals surface area contributed by atoms with E-state index in [0.29, 0.717) is 18.2 Å². The molecule has 0 radical (unpaired) electrons. The first-order chi connectivity index (χ1) is 9.45. The number of nitrogens with one attached hydrogen (secondary N) is 1. The van der Waals surface area contributed by atoms with Gasteiger partial charge in [0.2, 0.25) is 5.76 Å². The molecule has 1 heterocycles. The number of hydrogen-bond donors (Lipinski definition) is 3. The maximum Gasteiger partial charge on any atom is 0.371 e. The van der Waals surface area contributed by atoms with Crippen LogP contribution in [0.1, 0.15) is 29.2 Å². The molecule has 1 aromatic rings. The summed E-state index contributed by atoms with van der Waals surface area (Å²) in [4.78, 5) is 24.0. The average Bonchev–Trinajstić information content (AvgIpc) is 2.82. The van der Waals surface area contributed by atoms with E-state index in [1.54, 1.807) is 11.9 Å². The number of carbonyl (C=O) groups excluding carboxylic acids is 1. The highest BCUT2D eigenvalue weighted by molar-refractivity contribution is 5.84. The zero-order valence-corrected chi connectivity index (χ0v) is 11.2. The lowest BCUT2D eigenvalue weighted by molar-refractivity contribution is 0.0324. The van der Waals surface area contributed by atoms with Crippen LogP contribution in [0, 0.1) is 5.92 Å². The second kappa shape index (κ2) is 5.96. The Labute approximate surface area is 116 Å². The standard InChI is InChI=1S/C13H18N2O5/c1-15(7-8-4-9(16)5-8)13(19)14-6-10-2-3-11(20-10)12(17)18/h2-3,8-9,16H,4-7H2,1H3,(H,14,19)(H,17,18). The molecule has 2 amide bonds. The number of carboxylic acid groups (broad SMARTS) is 1. The Kier molecular flexibility index (Phi) is 4.29. The molecular formula is C13H18N2O5. The third kappa shape index (κ3) is 3.51. The second-order valence-electron chi connectivity index (χ2n) is 5.10. The van der Waals surface area contributed by atoms with Crippen LogP contribution in [0.5, 0.6) is 0 Å². The van der Waals surface area contributed by atoms with Crippen molar-refractivity contribution in [1.82, 2.24) is 10.2 Å². The number of amides is 2. The SMILES string of the molecule is CN(CC1CC(O)C1)C(=O)NCc1ccc(C(=O)O)o1. The minimum atomic E-state index is -1.14. The van der Waals surface area contributed by atoms with E-state index in [4.69, 9.17) is 9.52 Å². The van der Waals surface area contributed by atoms with Crippen LogP contribution in [0.2, 0.25) is 0 Å². The summed E-state index contributed by atoms with van der Waals surface area (Å²) in [5.41, 5.74) is 0. The van der Waals surface area contributed by atoms with E-state index in [2.05, 4.69) is 5.32 Å². The fraction of sp³-hybridized carbons (Fsp3) is 0.538. The predicted molar refractivity (Wildman–Crippen MR) is 69.3 cm³/mol. The van der Waals surface area contributed by atoms with Gasteiger partial charge in [-0.15, -0.1) is 0 Å². The van der Waals surface area contributed by atoms with Crippen LogP contribution in [0.3, 0.4) is 0 Å². The molecule has 0 spiro atoms. The summed E-state index contributed by atoms with van der Waals surface area (Å²) in [5, 5.41) is 20.6. The molecule has 1 fully saturated rings. The molecule has 7 nitrogen and oxygen atoms in total. The monoisotopic (exact) mass is 282 g/mol. The van der Waals surface area contributed by atoms with Crippen molar-refractivity contribution >= 4 is 12.0 Å². The van der Waals surface area contributed by atoms with Crippen molar-refractivity contribution in [1.29, 1.82) is 0 Å². The number of aliphatic hydroxyl groups is 1. The Hall–Kier alpha value is -2.02. The van der Waals surface area contributed by atoms with Crippen LogP contribution in [0.25, 0.3) is 0 Å². The molecule has 1 aromatic heterocycles. The van der Waals surface area contributed by atoms with Gasteiger partial charge in [0.15, 0.2) is 0 Å². The third-order valence-electron chi connectivity index (χ3n) is 3.38. The van der Waals surface area contributed by atoms with Crippen molar-refractivity contribution in [3.63, 3.8) is 0 Å². The lowest BCUT2D eigenvalue weighted by Gasteiger charge is -2.34. The summed E-state index contributed by atoms with van der Waals surface area (Å²) in [6.45, 7) is 0.741. The topological polar surface area (TPSA) is 103 Å². The van der Waals surface area contributed by atoms with Gasteiger partial charge in [0.1, 0.15) is 5.76 Å². The molecule has 0 aromatic carbocycles. The van der Waals surface area contributed by atoms with Gasteiger partial charge in [-0.1, -0.05) is 0 Å². The highest BCUT2D eigenvalue weighted by Gasteiger charge is 2.29. The largest absolute Gasteiger partial charge is 0.475 e. The molecule has 0 aliphatic heterocycles. The Balaban J connectivity index is 1.74. The third-order valence-corrected chi connectivity index (χ3v) is 3.38. The Bertz CT molecular complexity index is 493. The highest BCUT2D eigenvalue weighted by Crippen LogP contribution is 2.27. The van der Waals surface area contributed by atoms with Gasteiger partial charge in [-0.2, -0.15) is 0 Å². The van der Waals surface area contributed by atoms with Crippen LogP contribution in [0.4, 0.5) is 4.79 Å². The molecule has 3 N–H and O–H groups in total. The zero-order valence-electron chi connectivity index (χ0n) is 11.2. The number of carboxylic acids is 1. The Morgan fingerprint density at radius 2 is 2.15 bits per heavy atom. The molecule has 1 saturated carbocycles. The van der Waals surface area contributed by atoms with Crippen LogP contribution in [-0.4, -0.2) is 46.8 Å². The fourth-order valence-electron chi connectivity index (χ4n) is 2.21. The molecule has 2 rings (SSSR count). The number of hydrogen-bond acceptors (Lipinski definition) is 4. The lowest BCUT2D eigenvalue weighted by atomic mass is 9.82. The molecule has 110 valence electrons. The first kappa shape index (κ1) is 14.4. The highest BCUT2D eigenvalue weighted by atomic mass is 16.4. The molecule has 20 heavy (non-hydrogen) atoms. The summed E-state index contributed by atoms with van der Waals surface area (Å²) >= 11 is 0. The average molecular weight is 282 g/mol. The summed E-state index contributed by atoms with van der Waals surface area (Å²) in [6, 6.07) is 2.62. The number of urea groups is 1. The number of rotatable bonds is 5. The van der Waals surface area contributed by atoms with Gasteiger partial charge in [0.05, 0.1) is 12.6 Å². The van der Waals surface area contributed by atoms with E-state index in [0.717, 1.165) is 12.8 Å². The second-order valence-corrected chi connectivity index (χ2v) is 5.10. The number of carbonyl (C=O) groups is 2. The fourth-order valence-corrected chi connectivity index (χ4v) is 2.21. The summed E-state index contributed by atoms with van der Waals surface area (Å²) in [7, 11) is 1.69. The van der Waals surface area contributed by atoms with E-state index >= 15 is 0 Å². The minimum absolute atomic E-state index is 0.143. The van der Waals surface area contributed by atoms with Gasteiger partial charge in [0, 0.05) is 13.6 Å². The number of furan rings is 1. The number of nitrogens with zero attached hydrogens (tertiary/aromatic N) is 1. The van der Waals surface area contributed by atoms with Crippen LogP contribution < -0.4 is 5.32 Å². The quantitative estimate of drug-likeness (QED) is 0.744. The van der Waals surface area contributed by atoms with Crippen LogP contribution in [0.15, 0.2) is 16.5 Å². The molecule has 1 aliphatic carbocycles.